The lowest BCUT2D eigenvalue weighted by Gasteiger charge is -2.12. The Morgan fingerprint density at radius 1 is 1.29 bits per heavy atom. The molecule has 0 saturated heterocycles. The standard InChI is InChI=1S/C14H20O3/c1-4-5-6-11(2)17-14(15)12-7-9-13(16-3)10-8-12/h7-11H,4-6H2,1-3H3. The molecule has 1 aromatic carbocycles. The summed E-state index contributed by atoms with van der Waals surface area (Å²) in [6.45, 7) is 4.05. The van der Waals surface area contributed by atoms with Crippen LogP contribution in [0.5, 0.6) is 5.75 Å². The Hall–Kier alpha value is -1.51. The molecule has 0 amide bonds. The first-order chi connectivity index (χ1) is 8.17. The third kappa shape index (κ3) is 4.47. The van der Waals surface area contributed by atoms with Crippen LogP contribution < -0.4 is 4.74 Å². The van der Waals surface area contributed by atoms with Crippen LogP contribution in [0.25, 0.3) is 0 Å². The lowest BCUT2D eigenvalue weighted by atomic mass is 10.2. The van der Waals surface area contributed by atoms with Crippen molar-refractivity contribution in [3.05, 3.63) is 29.8 Å². The van der Waals surface area contributed by atoms with Gasteiger partial charge >= 0.3 is 5.97 Å². The zero-order valence-electron chi connectivity index (χ0n) is 10.7. The van der Waals surface area contributed by atoms with Crippen LogP contribution in [0, 0.1) is 0 Å². The normalized spacial score (nSPS) is 11.9. The Labute approximate surface area is 103 Å². The number of ether oxygens (including phenoxy) is 2. The van der Waals surface area contributed by atoms with Crippen molar-refractivity contribution >= 4 is 5.97 Å². The van der Waals surface area contributed by atoms with Gasteiger partial charge in [-0.3, -0.25) is 0 Å². The van der Waals surface area contributed by atoms with Crippen molar-refractivity contribution in [2.75, 3.05) is 7.11 Å². The summed E-state index contributed by atoms with van der Waals surface area (Å²) in [4.78, 5) is 11.8. The third-order valence-electron chi connectivity index (χ3n) is 2.60. The summed E-state index contributed by atoms with van der Waals surface area (Å²) in [5, 5.41) is 0. The van der Waals surface area contributed by atoms with Crippen LogP contribution in [0.4, 0.5) is 0 Å². The SMILES string of the molecule is CCCCC(C)OC(=O)c1ccc(OC)cc1. The van der Waals surface area contributed by atoms with Gasteiger partial charge < -0.3 is 9.47 Å². The Morgan fingerprint density at radius 3 is 2.47 bits per heavy atom. The number of carbonyl (C=O) groups excluding carboxylic acids is 1. The maximum atomic E-state index is 11.8. The Morgan fingerprint density at radius 2 is 1.94 bits per heavy atom. The van der Waals surface area contributed by atoms with E-state index in [0.29, 0.717) is 5.56 Å². The first-order valence-corrected chi connectivity index (χ1v) is 6.02. The van der Waals surface area contributed by atoms with E-state index in [4.69, 9.17) is 9.47 Å². The highest BCUT2D eigenvalue weighted by molar-refractivity contribution is 5.89. The van der Waals surface area contributed by atoms with Crippen LogP contribution in [0.1, 0.15) is 43.5 Å². The van der Waals surface area contributed by atoms with Gasteiger partial charge in [-0.05, 0) is 37.6 Å². The van der Waals surface area contributed by atoms with Crippen LogP contribution >= 0.6 is 0 Å². The average molecular weight is 236 g/mol. The minimum atomic E-state index is -0.267. The molecule has 0 heterocycles. The molecule has 0 spiro atoms. The Bertz CT molecular complexity index is 343. The van der Waals surface area contributed by atoms with Crippen LogP contribution in [0.15, 0.2) is 24.3 Å². The van der Waals surface area contributed by atoms with Gasteiger partial charge in [0.25, 0.3) is 0 Å². The number of carbonyl (C=O) groups is 1. The molecule has 17 heavy (non-hydrogen) atoms. The van der Waals surface area contributed by atoms with Crippen molar-refractivity contribution in [2.45, 2.75) is 39.2 Å². The summed E-state index contributed by atoms with van der Waals surface area (Å²) in [5.41, 5.74) is 0.564. The number of methoxy groups -OCH3 is 1. The highest BCUT2D eigenvalue weighted by Crippen LogP contribution is 2.13. The average Bonchev–Trinajstić information content (AvgIpc) is 2.36. The summed E-state index contributed by atoms with van der Waals surface area (Å²) in [6.07, 6.45) is 3.09. The van der Waals surface area contributed by atoms with Crippen LogP contribution in [-0.4, -0.2) is 19.2 Å². The van der Waals surface area contributed by atoms with E-state index in [-0.39, 0.29) is 12.1 Å². The van der Waals surface area contributed by atoms with Gasteiger partial charge in [0, 0.05) is 0 Å². The van der Waals surface area contributed by atoms with E-state index in [0.717, 1.165) is 25.0 Å². The van der Waals surface area contributed by atoms with E-state index in [9.17, 15) is 4.79 Å². The lowest BCUT2D eigenvalue weighted by molar-refractivity contribution is 0.0320. The zero-order valence-corrected chi connectivity index (χ0v) is 10.7. The predicted octanol–water partition coefficient (Wildman–Crippen LogP) is 3.43. The van der Waals surface area contributed by atoms with Crippen LogP contribution in [0.2, 0.25) is 0 Å². The van der Waals surface area contributed by atoms with Gasteiger partial charge in [-0.25, -0.2) is 4.79 Å². The monoisotopic (exact) mass is 236 g/mol. The van der Waals surface area contributed by atoms with E-state index in [1.807, 2.05) is 6.92 Å². The molecule has 0 radical (unpaired) electrons. The number of benzene rings is 1. The van der Waals surface area contributed by atoms with E-state index in [2.05, 4.69) is 6.92 Å². The molecule has 0 saturated carbocycles. The second kappa shape index (κ2) is 6.94. The third-order valence-corrected chi connectivity index (χ3v) is 2.60. The van der Waals surface area contributed by atoms with E-state index < -0.39 is 0 Å². The minimum Gasteiger partial charge on any atom is -0.497 e. The summed E-state index contributed by atoms with van der Waals surface area (Å²) >= 11 is 0. The van der Waals surface area contributed by atoms with Crippen LogP contribution in [-0.2, 0) is 4.74 Å². The molecule has 1 atom stereocenters. The molecule has 0 fully saturated rings. The van der Waals surface area contributed by atoms with Crippen molar-refractivity contribution in [1.82, 2.24) is 0 Å². The number of esters is 1. The van der Waals surface area contributed by atoms with Crippen LogP contribution in [0.3, 0.4) is 0 Å². The van der Waals surface area contributed by atoms with Crippen molar-refractivity contribution in [3.63, 3.8) is 0 Å². The first kappa shape index (κ1) is 13.6. The number of hydrogen-bond donors (Lipinski definition) is 0. The second-order valence-corrected chi connectivity index (χ2v) is 4.09. The van der Waals surface area contributed by atoms with Crippen molar-refractivity contribution in [3.8, 4) is 5.75 Å². The summed E-state index contributed by atoms with van der Waals surface area (Å²) in [7, 11) is 1.60. The molecule has 3 heteroatoms. The maximum Gasteiger partial charge on any atom is 0.338 e. The van der Waals surface area contributed by atoms with Crippen molar-refractivity contribution < 1.29 is 14.3 Å². The fraction of sp³-hybridized carbons (Fsp3) is 0.500. The molecule has 94 valence electrons. The van der Waals surface area contributed by atoms with Gasteiger partial charge in [0.05, 0.1) is 18.8 Å². The molecule has 0 aliphatic carbocycles. The molecule has 0 bridgehead atoms. The predicted molar refractivity (Wildman–Crippen MR) is 67.4 cm³/mol. The molecule has 0 aromatic heterocycles. The topological polar surface area (TPSA) is 35.5 Å². The first-order valence-electron chi connectivity index (χ1n) is 6.02. The summed E-state index contributed by atoms with van der Waals surface area (Å²) < 4.78 is 10.4. The molecule has 0 N–H and O–H groups in total. The molecule has 0 aliphatic rings. The fourth-order valence-corrected chi connectivity index (χ4v) is 1.53. The smallest absolute Gasteiger partial charge is 0.338 e. The highest BCUT2D eigenvalue weighted by atomic mass is 16.5. The van der Waals surface area contributed by atoms with Gasteiger partial charge in [0.1, 0.15) is 5.75 Å². The molecule has 1 aromatic rings. The number of rotatable bonds is 6. The summed E-state index contributed by atoms with van der Waals surface area (Å²) in [5.74, 6) is 0.469. The van der Waals surface area contributed by atoms with Gasteiger partial charge in [0.2, 0.25) is 0 Å². The second-order valence-electron chi connectivity index (χ2n) is 4.09. The van der Waals surface area contributed by atoms with Gasteiger partial charge in [-0.15, -0.1) is 0 Å². The maximum absolute atomic E-state index is 11.8. The molecule has 1 unspecified atom stereocenters. The van der Waals surface area contributed by atoms with Crippen molar-refractivity contribution in [1.29, 1.82) is 0 Å². The minimum absolute atomic E-state index is 0.0236. The number of hydrogen-bond acceptors (Lipinski definition) is 3. The molecular weight excluding hydrogens is 216 g/mol. The molecule has 1 rings (SSSR count). The van der Waals surface area contributed by atoms with E-state index >= 15 is 0 Å². The fourth-order valence-electron chi connectivity index (χ4n) is 1.53. The Balaban J connectivity index is 2.51. The van der Waals surface area contributed by atoms with Gasteiger partial charge in [0.15, 0.2) is 0 Å². The van der Waals surface area contributed by atoms with E-state index in [1.165, 1.54) is 0 Å². The summed E-state index contributed by atoms with van der Waals surface area (Å²) in [6, 6.07) is 6.95. The zero-order chi connectivity index (χ0) is 12.7. The van der Waals surface area contributed by atoms with E-state index in [1.54, 1.807) is 31.4 Å². The van der Waals surface area contributed by atoms with Gasteiger partial charge in [-0.1, -0.05) is 19.8 Å². The lowest BCUT2D eigenvalue weighted by Crippen LogP contribution is -2.14. The molecule has 0 aliphatic heterocycles. The Kier molecular flexibility index (Phi) is 5.53. The quantitative estimate of drug-likeness (QED) is 0.710. The highest BCUT2D eigenvalue weighted by Gasteiger charge is 2.11. The van der Waals surface area contributed by atoms with Gasteiger partial charge in [-0.2, -0.15) is 0 Å². The molecular formula is C14H20O3. The largest absolute Gasteiger partial charge is 0.497 e. The number of unbranched alkanes of at least 4 members (excludes halogenated alkanes) is 1. The van der Waals surface area contributed by atoms with Crippen molar-refractivity contribution in [2.24, 2.45) is 0 Å². The molecule has 3 nitrogen and oxygen atoms in total.